The van der Waals surface area contributed by atoms with Crippen LogP contribution in [-0.4, -0.2) is 36.2 Å². The van der Waals surface area contributed by atoms with Gasteiger partial charge in [-0.1, -0.05) is 17.4 Å². The van der Waals surface area contributed by atoms with Crippen LogP contribution >= 0.6 is 11.3 Å². The maximum absolute atomic E-state index is 12.5. The van der Waals surface area contributed by atoms with E-state index < -0.39 is 0 Å². The standard InChI is InChI=1S/C19H21N3O3S/c1-13-17(26-19(21-13)22-10-4-5-11-22)18(23)20-9-8-14-6-7-15(24-2)16(12-14)25-3/h4-7,10-12H,8-9H2,1-3H3,(H,20,23). The molecule has 1 N–H and O–H groups in total. The molecule has 2 aromatic heterocycles. The molecule has 0 aliphatic rings. The number of hydrogen-bond donors (Lipinski definition) is 1. The minimum absolute atomic E-state index is 0.0983. The summed E-state index contributed by atoms with van der Waals surface area (Å²) in [6.07, 6.45) is 4.53. The molecule has 0 fully saturated rings. The summed E-state index contributed by atoms with van der Waals surface area (Å²) < 4.78 is 12.4. The van der Waals surface area contributed by atoms with E-state index in [9.17, 15) is 4.79 Å². The molecule has 0 aliphatic carbocycles. The van der Waals surface area contributed by atoms with Crippen LogP contribution in [0.5, 0.6) is 11.5 Å². The number of nitrogens with one attached hydrogen (secondary N) is 1. The van der Waals surface area contributed by atoms with Crippen LogP contribution in [0.15, 0.2) is 42.7 Å². The molecule has 0 aliphatic heterocycles. The second-order valence-electron chi connectivity index (χ2n) is 5.70. The molecule has 6 nitrogen and oxygen atoms in total. The highest BCUT2D eigenvalue weighted by Gasteiger charge is 2.15. The van der Waals surface area contributed by atoms with Crippen LogP contribution in [0.1, 0.15) is 20.9 Å². The zero-order valence-electron chi connectivity index (χ0n) is 15.0. The molecular weight excluding hydrogens is 350 g/mol. The third-order valence-corrected chi connectivity index (χ3v) is 5.13. The van der Waals surface area contributed by atoms with Crippen molar-refractivity contribution in [2.24, 2.45) is 0 Å². The summed E-state index contributed by atoms with van der Waals surface area (Å²) in [6.45, 7) is 2.39. The summed E-state index contributed by atoms with van der Waals surface area (Å²) >= 11 is 1.39. The smallest absolute Gasteiger partial charge is 0.263 e. The highest BCUT2D eigenvalue weighted by Crippen LogP contribution is 2.27. The van der Waals surface area contributed by atoms with Crippen molar-refractivity contribution in [1.82, 2.24) is 14.9 Å². The van der Waals surface area contributed by atoms with Crippen LogP contribution in [0, 0.1) is 6.92 Å². The Balaban J connectivity index is 1.61. The highest BCUT2D eigenvalue weighted by atomic mass is 32.1. The predicted molar refractivity (Wildman–Crippen MR) is 102 cm³/mol. The van der Waals surface area contributed by atoms with Gasteiger partial charge in [0.25, 0.3) is 5.91 Å². The Morgan fingerprint density at radius 2 is 1.92 bits per heavy atom. The molecule has 136 valence electrons. The van der Waals surface area contributed by atoms with Crippen LogP contribution < -0.4 is 14.8 Å². The van der Waals surface area contributed by atoms with E-state index in [-0.39, 0.29) is 5.91 Å². The van der Waals surface area contributed by atoms with Gasteiger partial charge in [-0.3, -0.25) is 4.79 Å². The predicted octanol–water partition coefficient (Wildman–Crippen LogP) is 3.23. The first-order chi connectivity index (χ1) is 12.6. The average molecular weight is 371 g/mol. The highest BCUT2D eigenvalue weighted by molar-refractivity contribution is 7.16. The van der Waals surface area contributed by atoms with E-state index in [2.05, 4.69) is 10.3 Å². The van der Waals surface area contributed by atoms with Crippen LogP contribution in [-0.2, 0) is 6.42 Å². The molecule has 1 amide bonds. The van der Waals surface area contributed by atoms with E-state index in [1.165, 1.54) is 11.3 Å². The first-order valence-electron chi connectivity index (χ1n) is 8.22. The quantitative estimate of drug-likeness (QED) is 0.692. The zero-order valence-corrected chi connectivity index (χ0v) is 15.8. The van der Waals surface area contributed by atoms with E-state index in [1.54, 1.807) is 14.2 Å². The second kappa shape index (κ2) is 8.05. The number of aryl methyl sites for hydroxylation is 1. The lowest BCUT2D eigenvalue weighted by molar-refractivity contribution is 0.0957. The minimum Gasteiger partial charge on any atom is -0.493 e. The van der Waals surface area contributed by atoms with Gasteiger partial charge in [0, 0.05) is 18.9 Å². The number of amides is 1. The van der Waals surface area contributed by atoms with Crippen molar-refractivity contribution < 1.29 is 14.3 Å². The Morgan fingerprint density at radius 3 is 2.62 bits per heavy atom. The van der Waals surface area contributed by atoms with Gasteiger partial charge in [0.05, 0.1) is 19.9 Å². The summed E-state index contributed by atoms with van der Waals surface area (Å²) in [6, 6.07) is 9.62. The largest absolute Gasteiger partial charge is 0.493 e. The Morgan fingerprint density at radius 1 is 1.19 bits per heavy atom. The second-order valence-corrected chi connectivity index (χ2v) is 6.67. The lowest BCUT2D eigenvalue weighted by Gasteiger charge is -2.10. The van der Waals surface area contributed by atoms with Gasteiger partial charge in [0.2, 0.25) is 0 Å². The van der Waals surface area contributed by atoms with Crippen LogP contribution in [0.2, 0.25) is 0 Å². The summed E-state index contributed by atoms with van der Waals surface area (Å²) in [5.41, 5.74) is 1.80. The Bertz CT molecular complexity index is 888. The molecule has 0 atom stereocenters. The third kappa shape index (κ3) is 3.88. The van der Waals surface area contributed by atoms with Crippen molar-refractivity contribution in [3.8, 4) is 16.6 Å². The minimum atomic E-state index is -0.0983. The fraction of sp³-hybridized carbons (Fsp3) is 0.263. The summed E-state index contributed by atoms with van der Waals surface area (Å²) in [5.74, 6) is 1.28. The van der Waals surface area contributed by atoms with Gasteiger partial charge in [-0.25, -0.2) is 4.98 Å². The average Bonchev–Trinajstić information content (AvgIpc) is 3.31. The SMILES string of the molecule is COc1ccc(CCNC(=O)c2sc(-n3cccc3)nc2C)cc1OC. The monoisotopic (exact) mass is 371 g/mol. The van der Waals surface area contributed by atoms with Gasteiger partial charge in [-0.15, -0.1) is 0 Å². The van der Waals surface area contributed by atoms with E-state index in [4.69, 9.17) is 9.47 Å². The first kappa shape index (κ1) is 18.0. The zero-order chi connectivity index (χ0) is 18.5. The number of aromatic nitrogens is 2. The fourth-order valence-electron chi connectivity index (χ4n) is 2.60. The number of ether oxygens (including phenoxy) is 2. The Hall–Kier alpha value is -2.80. The molecule has 1 aromatic carbocycles. The number of thiazole rings is 1. The number of nitrogens with zero attached hydrogens (tertiary/aromatic N) is 2. The molecule has 7 heteroatoms. The molecular formula is C19H21N3O3S. The maximum Gasteiger partial charge on any atom is 0.263 e. The van der Waals surface area contributed by atoms with Crippen molar-refractivity contribution in [3.05, 3.63) is 58.9 Å². The molecule has 3 aromatic rings. The molecule has 26 heavy (non-hydrogen) atoms. The molecule has 0 saturated heterocycles. The van der Waals surface area contributed by atoms with E-state index in [0.29, 0.717) is 29.3 Å². The first-order valence-corrected chi connectivity index (χ1v) is 9.04. The van der Waals surface area contributed by atoms with Crippen LogP contribution in [0.25, 0.3) is 5.13 Å². The van der Waals surface area contributed by atoms with E-state index >= 15 is 0 Å². The van der Waals surface area contributed by atoms with Crippen molar-refractivity contribution in [2.75, 3.05) is 20.8 Å². The van der Waals surface area contributed by atoms with Gasteiger partial charge in [0.15, 0.2) is 16.6 Å². The van der Waals surface area contributed by atoms with Crippen LogP contribution in [0.3, 0.4) is 0 Å². The molecule has 2 heterocycles. The molecule has 0 radical (unpaired) electrons. The number of hydrogen-bond acceptors (Lipinski definition) is 5. The maximum atomic E-state index is 12.5. The van der Waals surface area contributed by atoms with Gasteiger partial charge in [-0.2, -0.15) is 0 Å². The van der Waals surface area contributed by atoms with Crippen molar-refractivity contribution in [1.29, 1.82) is 0 Å². The summed E-state index contributed by atoms with van der Waals surface area (Å²) in [7, 11) is 3.22. The molecule has 0 saturated carbocycles. The summed E-state index contributed by atoms with van der Waals surface area (Å²) in [4.78, 5) is 17.6. The lowest BCUT2D eigenvalue weighted by atomic mass is 10.1. The lowest BCUT2D eigenvalue weighted by Crippen LogP contribution is -2.25. The Kier molecular flexibility index (Phi) is 5.58. The number of methoxy groups -OCH3 is 2. The Labute approximate surface area is 156 Å². The molecule has 3 rings (SSSR count). The van der Waals surface area contributed by atoms with Crippen molar-refractivity contribution in [3.63, 3.8) is 0 Å². The van der Waals surface area contributed by atoms with Crippen molar-refractivity contribution in [2.45, 2.75) is 13.3 Å². The van der Waals surface area contributed by atoms with Gasteiger partial charge >= 0.3 is 0 Å². The van der Waals surface area contributed by atoms with Gasteiger partial charge in [-0.05, 0) is 43.2 Å². The summed E-state index contributed by atoms with van der Waals surface area (Å²) in [5, 5.41) is 3.75. The fourth-order valence-corrected chi connectivity index (χ4v) is 3.55. The van der Waals surface area contributed by atoms with Gasteiger partial charge in [0.1, 0.15) is 4.88 Å². The van der Waals surface area contributed by atoms with Gasteiger partial charge < -0.3 is 19.4 Å². The van der Waals surface area contributed by atoms with E-state index in [0.717, 1.165) is 16.4 Å². The molecule has 0 unspecified atom stereocenters. The topological polar surface area (TPSA) is 65.4 Å². The van der Waals surface area contributed by atoms with Crippen LogP contribution in [0.4, 0.5) is 0 Å². The number of benzene rings is 1. The van der Waals surface area contributed by atoms with E-state index in [1.807, 2.05) is 54.2 Å². The number of carbonyl (C=O) groups excluding carboxylic acids is 1. The number of rotatable bonds is 7. The molecule has 0 bridgehead atoms. The normalized spacial score (nSPS) is 10.6. The number of carbonyl (C=O) groups is 1. The molecule has 0 spiro atoms. The van der Waals surface area contributed by atoms with Crippen molar-refractivity contribution >= 4 is 17.2 Å². The third-order valence-electron chi connectivity index (χ3n) is 3.96.